The van der Waals surface area contributed by atoms with Crippen molar-refractivity contribution in [3.63, 3.8) is 0 Å². The van der Waals surface area contributed by atoms with Gasteiger partial charge in [0.05, 0.1) is 12.6 Å². The van der Waals surface area contributed by atoms with Crippen molar-refractivity contribution in [1.29, 1.82) is 0 Å². The van der Waals surface area contributed by atoms with E-state index in [4.69, 9.17) is 4.65 Å². The highest BCUT2D eigenvalue weighted by Gasteiger charge is 2.44. The number of carbonyl (C=O) groups is 2. The van der Waals surface area contributed by atoms with Crippen molar-refractivity contribution in [3.05, 3.63) is 60.2 Å². The highest BCUT2D eigenvalue weighted by molar-refractivity contribution is 6.43. The van der Waals surface area contributed by atoms with Crippen molar-refractivity contribution in [1.82, 2.24) is 20.6 Å². The van der Waals surface area contributed by atoms with E-state index in [0.717, 1.165) is 24.3 Å². The van der Waals surface area contributed by atoms with Crippen molar-refractivity contribution < 1.29 is 19.3 Å². The lowest BCUT2D eigenvalue weighted by atomic mass is 9.54. The first kappa shape index (κ1) is 25.8. The average Bonchev–Trinajstić information content (AvgIpc) is 2.85. The van der Waals surface area contributed by atoms with Crippen LogP contribution in [0.4, 0.5) is 0 Å². The Hall–Kier alpha value is -2.78. The Morgan fingerprint density at radius 1 is 1.26 bits per heavy atom. The second-order valence-corrected chi connectivity index (χ2v) is 9.67. The number of amides is 2. The number of hydrogen-bond acceptors (Lipinski definition) is 6. The molecular weight excluding hydrogens is 431 g/mol. The molecule has 3 unspecified atom stereocenters. The van der Waals surface area contributed by atoms with E-state index in [9.17, 15) is 14.6 Å². The molecule has 0 saturated heterocycles. The second kappa shape index (κ2) is 12.1. The number of benzene rings is 1. The number of hydrogen-bond donors (Lipinski definition) is 3. The van der Waals surface area contributed by atoms with Crippen molar-refractivity contribution in [2.45, 2.75) is 52.5 Å². The van der Waals surface area contributed by atoms with Crippen LogP contribution in [0.2, 0.25) is 0 Å². The first-order valence-corrected chi connectivity index (χ1v) is 12.0. The van der Waals surface area contributed by atoms with Crippen molar-refractivity contribution in [2.24, 2.45) is 17.3 Å². The minimum Gasteiger partial charge on any atom is -0.426 e. The fourth-order valence-corrected chi connectivity index (χ4v) is 4.39. The van der Waals surface area contributed by atoms with Gasteiger partial charge in [-0.1, -0.05) is 51.1 Å². The predicted molar refractivity (Wildman–Crippen MR) is 131 cm³/mol. The molecule has 2 aromatic rings. The summed E-state index contributed by atoms with van der Waals surface area (Å²) in [4.78, 5) is 33.3. The van der Waals surface area contributed by atoms with E-state index in [1.807, 2.05) is 30.3 Å². The zero-order chi connectivity index (χ0) is 24.6. The van der Waals surface area contributed by atoms with Crippen LogP contribution in [0.3, 0.4) is 0 Å². The average molecular weight is 466 g/mol. The van der Waals surface area contributed by atoms with Gasteiger partial charge < -0.3 is 20.3 Å². The number of nitrogens with one attached hydrogen (secondary N) is 2. The highest BCUT2D eigenvalue weighted by Crippen LogP contribution is 2.52. The quantitative estimate of drug-likeness (QED) is 0.327. The summed E-state index contributed by atoms with van der Waals surface area (Å²) >= 11 is 0. The van der Waals surface area contributed by atoms with Gasteiger partial charge in [-0.3, -0.25) is 14.6 Å². The van der Waals surface area contributed by atoms with Gasteiger partial charge in [-0.15, -0.1) is 0 Å². The Morgan fingerprint density at radius 2 is 2.03 bits per heavy atom. The standard InChI is InChI=1S/C25H35BN4O4/c1-18-14-20(25(18,2)3)10-7-13-34-26(33)17-29-23(31)21(15-19-8-5-4-6-9-19)30-24(32)22-16-27-11-12-28-22/h4-6,8-9,11-12,16,18,20-21,33H,7,10,13-15,17H2,1-3H3,(H,29,31)(H,30,32). The Labute approximate surface area is 202 Å². The Morgan fingerprint density at radius 3 is 2.68 bits per heavy atom. The lowest BCUT2D eigenvalue weighted by Gasteiger charge is -2.51. The summed E-state index contributed by atoms with van der Waals surface area (Å²) in [7, 11) is -1.11. The lowest BCUT2D eigenvalue weighted by molar-refractivity contribution is -0.122. The third kappa shape index (κ3) is 7.11. The molecule has 182 valence electrons. The zero-order valence-electron chi connectivity index (χ0n) is 20.2. The third-order valence-corrected chi connectivity index (χ3v) is 7.12. The van der Waals surface area contributed by atoms with Crippen LogP contribution >= 0.6 is 0 Å². The summed E-state index contributed by atoms with van der Waals surface area (Å²) in [6, 6.07) is 8.56. The molecule has 1 aromatic heterocycles. The number of aromatic nitrogens is 2. The largest absolute Gasteiger partial charge is 0.474 e. The topological polar surface area (TPSA) is 113 Å². The van der Waals surface area contributed by atoms with Crippen molar-refractivity contribution >= 4 is 18.9 Å². The molecule has 9 heteroatoms. The van der Waals surface area contributed by atoms with Crippen molar-refractivity contribution in [3.8, 4) is 0 Å². The van der Waals surface area contributed by atoms with Crippen LogP contribution in [0.15, 0.2) is 48.9 Å². The molecular formula is C25H35BN4O4. The Bertz CT molecular complexity index is 929. The molecule has 0 bridgehead atoms. The molecule has 0 radical (unpaired) electrons. The van der Waals surface area contributed by atoms with Gasteiger partial charge in [0.2, 0.25) is 5.91 Å². The van der Waals surface area contributed by atoms with E-state index >= 15 is 0 Å². The lowest BCUT2D eigenvalue weighted by Crippen LogP contribution is -2.50. The van der Waals surface area contributed by atoms with E-state index in [2.05, 4.69) is 41.4 Å². The van der Waals surface area contributed by atoms with E-state index in [1.54, 1.807) is 0 Å². The van der Waals surface area contributed by atoms with Crippen LogP contribution in [0.5, 0.6) is 0 Å². The van der Waals surface area contributed by atoms with E-state index in [0.29, 0.717) is 24.4 Å². The smallest absolute Gasteiger partial charge is 0.426 e. The molecule has 1 heterocycles. The summed E-state index contributed by atoms with van der Waals surface area (Å²) < 4.78 is 5.49. The summed E-state index contributed by atoms with van der Waals surface area (Å²) in [6.45, 7) is 7.35. The van der Waals surface area contributed by atoms with Crippen LogP contribution in [0, 0.1) is 17.3 Å². The first-order chi connectivity index (χ1) is 16.3. The summed E-state index contributed by atoms with van der Waals surface area (Å²) in [5.74, 6) is 0.542. The van der Waals surface area contributed by atoms with Crippen LogP contribution < -0.4 is 10.6 Å². The highest BCUT2D eigenvalue weighted by atomic mass is 16.5. The van der Waals surface area contributed by atoms with Crippen LogP contribution in [-0.4, -0.2) is 53.0 Å². The molecule has 3 rings (SSSR count). The summed E-state index contributed by atoms with van der Waals surface area (Å²) in [5, 5.41) is 15.6. The molecule has 1 saturated carbocycles. The number of carbonyl (C=O) groups excluding carboxylic acids is 2. The fraction of sp³-hybridized carbons (Fsp3) is 0.520. The minimum atomic E-state index is -1.11. The van der Waals surface area contributed by atoms with Gasteiger partial charge in [0.25, 0.3) is 5.91 Å². The molecule has 3 atom stereocenters. The van der Waals surface area contributed by atoms with Gasteiger partial charge in [0.15, 0.2) is 0 Å². The van der Waals surface area contributed by atoms with Crippen LogP contribution in [0.25, 0.3) is 0 Å². The molecule has 1 aromatic carbocycles. The van der Waals surface area contributed by atoms with Gasteiger partial charge in [-0.05, 0) is 42.1 Å². The SMILES string of the molecule is CC1CC(CCCOB(O)CNC(=O)C(Cc2ccccc2)NC(=O)c2cnccn2)C1(C)C. The maximum atomic E-state index is 12.9. The maximum absolute atomic E-state index is 12.9. The maximum Gasteiger partial charge on any atom is 0.474 e. The number of rotatable bonds is 12. The third-order valence-electron chi connectivity index (χ3n) is 7.12. The second-order valence-electron chi connectivity index (χ2n) is 9.67. The fourth-order valence-electron chi connectivity index (χ4n) is 4.39. The molecule has 0 spiro atoms. The molecule has 8 nitrogen and oxygen atoms in total. The summed E-state index contributed by atoms with van der Waals surface area (Å²) in [6.07, 6.45) is 7.66. The van der Waals surface area contributed by atoms with E-state index < -0.39 is 25.0 Å². The Kier molecular flexibility index (Phi) is 9.18. The van der Waals surface area contributed by atoms with Crippen LogP contribution in [0.1, 0.15) is 56.1 Å². The number of nitrogens with zero attached hydrogens (tertiary/aromatic N) is 2. The summed E-state index contributed by atoms with van der Waals surface area (Å²) in [5.41, 5.74) is 1.39. The van der Waals surface area contributed by atoms with E-state index in [1.165, 1.54) is 25.0 Å². The molecule has 3 N–H and O–H groups in total. The Balaban J connectivity index is 1.46. The zero-order valence-corrected chi connectivity index (χ0v) is 20.2. The van der Waals surface area contributed by atoms with Crippen LogP contribution in [-0.2, 0) is 15.9 Å². The molecule has 34 heavy (non-hydrogen) atoms. The van der Waals surface area contributed by atoms with Gasteiger partial charge in [-0.2, -0.15) is 0 Å². The van der Waals surface area contributed by atoms with E-state index in [-0.39, 0.29) is 12.1 Å². The molecule has 2 amide bonds. The monoisotopic (exact) mass is 466 g/mol. The van der Waals surface area contributed by atoms with Gasteiger partial charge in [-0.25, -0.2) is 4.98 Å². The van der Waals surface area contributed by atoms with Gasteiger partial charge in [0.1, 0.15) is 11.7 Å². The normalized spacial score (nSPS) is 19.5. The molecule has 1 fully saturated rings. The molecule has 0 aliphatic heterocycles. The van der Waals surface area contributed by atoms with Gasteiger partial charge >= 0.3 is 7.12 Å². The molecule has 1 aliphatic rings. The van der Waals surface area contributed by atoms with Crippen molar-refractivity contribution in [2.75, 3.05) is 13.1 Å². The minimum absolute atomic E-state index is 0.0584. The van der Waals surface area contributed by atoms with Gasteiger partial charge in [0, 0.05) is 25.4 Å². The molecule has 1 aliphatic carbocycles. The first-order valence-electron chi connectivity index (χ1n) is 12.0. The predicted octanol–water partition coefficient (Wildman–Crippen LogP) is 2.43.